The molecular weight excluding hydrogens is 332 g/mol. The Hall–Kier alpha value is -1.82. The maximum Gasteiger partial charge on any atom is 0.234 e. The quantitative estimate of drug-likeness (QED) is 0.804. The summed E-state index contributed by atoms with van der Waals surface area (Å²) in [6.45, 7) is 0. The van der Waals surface area contributed by atoms with Crippen molar-refractivity contribution in [1.29, 1.82) is 0 Å². The first-order valence-electron chi connectivity index (χ1n) is 9.27. The van der Waals surface area contributed by atoms with Crippen LogP contribution in [-0.2, 0) is 17.6 Å². The smallest absolute Gasteiger partial charge is 0.234 e. The van der Waals surface area contributed by atoms with E-state index in [4.69, 9.17) is 0 Å². The van der Waals surface area contributed by atoms with Crippen LogP contribution in [0.5, 0.6) is 0 Å². The van der Waals surface area contributed by atoms with Crippen LogP contribution < -0.4 is 5.32 Å². The summed E-state index contributed by atoms with van der Waals surface area (Å²) in [5, 5.41) is 12.7. The normalized spacial score (nSPS) is 19.0. The van der Waals surface area contributed by atoms with Crippen LogP contribution >= 0.6 is 11.8 Å². The molecule has 25 heavy (non-hydrogen) atoms. The molecule has 2 saturated carbocycles. The number of nitrogens with zero attached hydrogens (tertiary/aromatic N) is 3. The van der Waals surface area contributed by atoms with Gasteiger partial charge in [-0.2, -0.15) is 0 Å². The van der Waals surface area contributed by atoms with Gasteiger partial charge in [0.05, 0.1) is 5.75 Å². The summed E-state index contributed by atoms with van der Waals surface area (Å²) in [6.07, 6.45) is 8.41. The molecule has 3 aliphatic rings. The van der Waals surface area contributed by atoms with Crippen molar-refractivity contribution >= 4 is 23.4 Å². The Labute approximate surface area is 151 Å². The number of carbonyl (C=O) groups excluding carboxylic acids is 1. The zero-order valence-electron chi connectivity index (χ0n) is 14.2. The molecule has 0 spiro atoms. The summed E-state index contributed by atoms with van der Waals surface area (Å²) in [4.78, 5) is 12.3. The highest BCUT2D eigenvalue weighted by atomic mass is 32.2. The number of amides is 1. The minimum absolute atomic E-state index is 0.0289. The number of rotatable bonds is 6. The third-order valence-corrected chi connectivity index (χ3v) is 6.20. The standard InChI is InChI=1S/C19H22N4OS/c24-17(20-15-7-6-12-2-1-3-14(12)10-15)11-25-19-22-21-18(13-4-5-13)23(19)16-8-9-16/h6-7,10,13,16H,1-5,8-9,11H2,(H,20,24). The number of aromatic nitrogens is 3. The highest BCUT2D eigenvalue weighted by Gasteiger charge is 2.36. The van der Waals surface area contributed by atoms with E-state index in [1.165, 1.54) is 61.4 Å². The van der Waals surface area contributed by atoms with E-state index >= 15 is 0 Å². The number of nitrogens with one attached hydrogen (secondary N) is 1. The molecule has 1 amide bonds. The lowest BCUT2D eigenvalue weighted by Crippen LogP contribution is -2.15. The third-order valence-electron chi connectivity index (χ3n) is 5.26. The summed E-state index contributed by atoms with van der Waals surface area (Å²) in [6, 6.07) is 6.86. The first kappa shape index (κ1) is 15.4. The minimum atomic E-state index is 0.0289. The van der Waals surface area contributed by atoms with Gasteiger partial charge in [0.1, 0.15) is 5.82 Å². The molecule has 3 aliphatic carbocycles. The highest BCUT2D eigenvalue weighted by Crippen LogP contribution is 2.46. The van der Waals surface area contributed by atoms with E-state index in [1.807, 2.05) is 6.07 Å². The summed E-state index contributed by atoms with van der Waals surface area (Å²) in [5.74, 6) is 2.15. The molecule has 130 valence electrons. The first-order chi connectivity index (χ1) is 12.3. The largest absolute Gasteiger partial charge is 0.325 e. The predicted molar refractivity (Wildman–Crippen MR) is 98.1 cm³/mol. The maximum absolute atomic E-state index is 12.3. The van der Waals surface area contributed by atoms with Crippen molar-refractivity contribution in [1.82, 2.24) is 14.8 Å². The molecule has 0 saturated heterocycles. The second-order valence-corrected chi connectivity index (χ2v) is 8.33. The van der Waals surface area contributed by atoms with Gasteiger partial charge in [-0.3, -0.25) is 4.79 Å². The summed E-state index contributed by atoms with van der Waals surface area (Å²) < 4.78 is 2.30. The van der Waals surface area contributed by atoms with Gasteiger partial charge in [-0.25, -0.2) is 0 Å². The summed E-state index contributed by atoms with van der Waals surface area (Å²) in [5.41, 5.74) is 3.72. The van der Waals surface area contributed by atoms with E-state index in [9.17, 15) is 4.79 Å². The van der Waals surface area contributed by atoms with Crippen molar-refractivity contribution in [3.05, 3.63) is 35.2 Å². The fraction of sp³-hybridized carbons (Fsp3) is 0.526. The van der Waals surface area contributed by atoms with E-state index in [-0.39, 0.29) is 5.91 Å². The Bertz CT molecular complexity index is 823. The number of hydrogen-bond donors (Lipinski definition) is 1. The van der Waals surface area contributed by atoms with Crippen LogP contribution in [0.3, 0.4) is 0 Å². The van der Waals surface area contributed by atoms with E-state index < -0.39 is 0 Å². The minimum Gasteiger partial charge on any atom is -0.325 e. The van der Waals surface area contributed by atoms with Gasteiger partial charge in [0, 0.05) is 17.6 Å². The van der Waals surface area contributed by atoms with E-state index in [1.54, 1.807) is 0 Å². The van der Waals surface area contributed by atoms with Gasteiger partial charge in [-0.15, -0.1) is 10.2 Å². The van der Waals surface area contributed by atoms with Crippen molar-refractivity contribution in [3.8, 4) is 0 Å². The van der Waals surface area contributed by atoms with Crippen molar-refractivity contribution in [2.45, 2.75) is 62.1 Å². The molecule has 0 aliphatic heterocycles. The number of hydrogen-bond acceptors (Lipinski definition) is 4. The molecule has 0 atom stereocenters. The topological polar surface area (TPSA) is 59.8 Å². The van der Waals surface area contributed by atoms with Crippen molar-refractivity contribution in [2.75, 3.05) is 11.1 Å². The summed E-state index contributed by atoms with van der Waals surface area (Å²) in [7, 11) is 0. The molecule has 6 heteroatoms. The third kappa shape index (κ3) is 3.19. The molecule has 2 fully saturated rings. The zero-order valence-corrected chi connectivity index (χ0v) is 15.0. The average molecular weight is 354 g/mol. The number of benzene rings is 1. The first-order valence-corrected chi connectivity index (χ1v) is 10.3. The monoisotopic (exact) mass is 354 g/mol. The Morgan fingerprint density at radius 1 is 1.16 bits per heavy atom. The SMILES string of the molecule is O=C(CSc1nnc(C2CC2)n1C1CC1)Nc1ccc2c(c1)CCC2. The van der Waals surface area contributed by atoms with Gasteiger partial charge in [-0.05, 0) is 68.2 Å². The van der Waals surface area contributed by atoms with E-state index in [2.05, 4.69) is 32.2 Å². The number of thioether (sulfide) groups is 1. The van der Waals surface area contributed by atoms with Crippen LogP contribution in [0.15, 0.2) is 23.4 Å². The molecule has 5 rings (SSSR count). The lowest BCUT2D eigenvalue weighted by molar-refractivity contribution is -0.113. The molecule has 0 radical (unpaired) electrons. The summed E-state index contributed by atoms with van der Waals surface area (Å²) >= 11 is 1.51. The van der Waals surface area contributed by atoms with E-state index in [0.29, 0.717) is 17.7 Å². The van der Waals surface area contributed by atoms with Gasteiger partial charge in [-0.1, -0.05) is 17.8 Å². The highest BCUT2D eigenvalue weighted by molar-refractivity contribution is 7.99. The van der Waals surface area contributed by atoms with Gasteiger partial charge in [0.25, 0.3) is 0 Å². The van der Waals surface area contributed by atoms with Crippen LogP contribution in [-0.4, -0.2) is 26.4 Å². The number of aryl methyl sites for hydroxylation is 2. The molecule has 1 heterocycles. The number of fused-ring (bicyclic) bond motifs is 1. The van der Waals surface area contributed by atoms with Crippen molar-refractivity contribution < 1.29 is 4.79 Å². The van der Waals surface area contributed by atoms with Crippen molar-refractivity contribution in [3.63, 3.8) is 0 Å². The molecule has 1 aromatic carbocycles. The lowest BCUT2D eigenvalue weighted by Gasteiger charge is -2.09. The molecule has 2 aromatic rings. The lowest BCUT2D eigenvalue weighted by atomic mass is 10.1. The van der Waals surface area contributed by atoms with Gasteiger partial charge < -0.3 is 9.88 Å². The van der Waals surface area contributed by atoms with Crippen LogP contribution in [0.4, 0.5) is 5.69 Å². The Morgan fingerprint density at radius 2 is 2.00 bits per heavy atom. The van der Waals surface area contributed by atoms with Crippen molar-refractivity contribution in [2.24, 2.45) is 0 Å². The van der Waals surface area contributed by atoms with Crippen LogP contribution in [0.2, 0.25) is 0 Å². The Morgan fingerprint density at radius 3 is 2.80 bits per heavy atom. The average Bonchev–Trinajstić information content (AvgIpc) is 3.54. The second kappa shape index (κ2) is 6.16. The predicted octanol–water partition coefficient (Wildman–Crippen LogP) is 3.71. The Balaban J connectivity index is 1.23. The number of carbonyl (C=O) groups is 1. The fourth-order valence-corrected chi connectivity index (χ4v) is 4.47. The van der Waals surface area contributed by atoms with Gasteiger partial charge in [0.2, 0.25) is 5.91 Å². The number of anilines is 1. The van der Waals surface area contributed by atoms with Gasteiger partial charge >= 0.3 is 0 Å². The molecule has 1 aromatic heterocycles. The second-order valence-electron chi connectivity index (χ2n) is 7.39. The molecule has 5 nitrogen and oxygen atoms in total. The molecule has 0 unspecified atom stereocenters. The molecular formula is C19H22N4OS. The molecule has 0 bridgehead atoms. The van der Waals surface area contributed by atoms with Crippen LogP contribution in [0.1, 0.15) is 61.0 Å². The Kier molecular flexibility index (Phi) is 3.81. The van der Waals surface area contributed by atoms with Gasteiger partial charge in [0.15, 0.2) is 5.16 Å². The van der Waals surface area contributed by atoms with Crippen LogP contribution in [0.25, 0.3) is 0 Å². The zero-order chi connectivity index (χ0) is 16.8. The molecule has 1 N–H and O–H groups in total. The fourth-order valence-electron chi connectivity index (χ4n) is 3.66. The van der Waals surface area contributed by atoms with Crippen LogP contribution in [0, 0.1) is 0 Å². The maximum atomic E-state index is 12.3. The van der Waals surface area contributed by atoms with E-state index in [0.717, 1.165) is 23.1 Å².